The number of aryl methyl sites for hydroxylation is 1. The number of rotatable bonds is 0. The molecular weight excluding hydrogens is 320 g/mol. The van der Waals surface area contributed by atoms with E-state index in [1.54, 1.807) is 15.9 Å². The second kappa shape index (κ2) is 5.86. The monoisotopic (exact) mass is 336 g/mol. The lowest BCUT2D eigenvalue weighted by molar-refractivity contribution is 0.259. The molecule has 0 spiro atoms. The summed E-state index contributed by atoms with van der Waals surface area (Å²) in [7, 11) is 2.04. The Labute approximate surface area is 143 Å². The fourth-order valence-electron chi connectivity index (χ4n) is 2.83. The number of hydrogen-bond donors (Lipinski definition) is 0. The van der Waals surface area contributed by atoms with Crippen LogP contribution in [0.15, 0.2) is 29.2 Å². The summed E-state index contributed by atoms with van der Waals surface area (Å²) < 4.78 is 1.78. The maximum Gasteiger partial charge on any atom is 0.261 e. The van der Waals surface area contributed by atoms with Crippen molar-refractivity contribution in [2.45, 2.75) is 20.0 Å². The van der Waals surface area contributed by atoms with Crippen LogP contribution in [0, 0.1) is 18.8 Å². The van der Waals surface area contributed by atoms with Gasteiger partial charge in [-0.2, -0.15) is 0 Å². The van der Waals surface area contributed by atoms with Crippen molar-refractivity contribution in [2.24, 2.45) is 0 Å². The Balaban J connectivity index is 1.78. The summed E-state index contributed by atoms with van der Waals surface area (Å²) in [4.78, 5) is 24.9. The highest BCUT2D eigenvalue weighted by molar-refractivity contribution is 7.12. The number of nitrogens with zero attached hydrogens (tertiary/aromatic N) is 4. The third-order valence-electron chi connectivity index (χ3n) is 4.09. The van der Waals surface area contributed by atoms with Crippen molar-refractivity contribution in [3.05, 3.63) is 56.0 Å². The van der Waals surface area contributed by atoms with Crippen LogP contribution in [0.2, 0.25) is 0 Å². The van der Waals surface area contributed by atoms with Crippen LogP contribution in [0.1, 0.15) is 21.3 Å². The maximum absolute atomic E-state index is 12.6. The van der Waals surface area contributed by atoms with Crippen LogP contribution in [-0.4, -0.2) is 33.0 Å². The zero-order valence-corrected chi connectivity index (χ0v) is 14.4. The number of thiazole rings is 1. The van der Waals surface area contributed by atoms with Crippen LogP contribution in [0.25, 0.3) is 10.9 Å². The first-order valence-corrected chi connectivity index (χ1v) is 8.58. The fraction of sp³-hybridized carbons (Fsp3) is 0.278. The Bertz CT molecular complexity index is 1050. The minimum Gasteiger partial charge on any atom is -0.297 e. The molecule has 5 nitrogen and oxygen atoms in total. The zero-order chi connectivity index (χ0) is 16.7. The highest BCUT2D eigenvalue weighted by Gasteiger charge is 2.17. The lowest BCUT2D eigenvalue weighted by Gasteiger charge is -2.25. The molecule has 1 aliphatic rings. The molecule has 3 heterocycles. The number of fused-ring (bicyclic) bond motifs is 2. The quantitative estimate of drug-likeness (QED) is 0.589. The minimum atomic E-state index is 0.0400. The topological polar surface area (TPSA) is 51.0 Å². The second-order valence-corrected chi connectivity index (χ2v) is 7.22. The van der Waals surface area contributed by atoms with E-state index < -0.39 is 0 Å². The SMILES string of the molecule is Cc1cnc(C#Cc2ccc3c(=O)n4c(nc3c2)CN(C)CC4)s1. The predicted molar refractivity (Wildman–Crippen MR) is 95.2 cm³/mol. The van der Waals surface area contributed by atoms with E-state index >= 15 is 0 Å². The van der Waals surface area contributed by atoms with Crippen LogP contribution < -0.4 is 5.56 Å². The van der Waals surface area contributed by atoms with Crippen molar-refractivity contribution in [1.82, 2.24) is 19.4 Å². The molecule has 120 valence electrons. The molecule has 1 aromatic carbocycles. The normalized spacial score (nSPS) is 14.2. The highest BCUT2D eigenvalue weighted by atomic mass is 32.1. The van der Waals surface area contributed by atoms with E-state index in [0.29, 0.717) is 24.0 Å². The second-order valence-electron chi connectivity index (χ2n) is 5.98. The van der Waals surface area contributed by atoms with Crippen LogP contribution in [-0.2, 0) is 13.1 Å². The van der Waals surface area contributed by atoms with E-state index in [1.807, 2.05) is 38.4 Å². The van der Waals surface area contributed by atoms with Crippen molar-refractivity contribution >= 4 is 22.2 Å². The first-order chi connectivity index (χ1) is 11.6. The smallest absolute Gasteiger partial charge is 0.261 e. The molecule has 0 radical (unpaired) electrons. The molecule has 0 atom stereocenters. The summed E-state index contributed by atoms with van der Waals surface area (Å²) in [5, 5.41) is 1.45. The minimum absolute atomic E-state index is 0.0400. The number of benzene rings is 1. The molecule has 1 aliphatic heterocycles. The van der Waals surface area contributed by atoms with Gasteiger partial charge in [0.1, 0.15) is 5.82 Å². The summed E-state index contributed by atoms with van der Waals surface area (Å²) in [5.41, 5.74) is 1.60. The lowest BCUT2D eigenvalue weighted by Crippen LogP contribution is -2.38. The summed E-state index contributed by atoms with van der Waals surface area (Å²) in [6.45, 7) is 4.27. The molecule has 3 aromatic rings. The first-order valence-electron chi connectivity index (χ1n) is 7.76. The van der Waals surface area contributed by atoms with Crippen molar-refractivity contribution in [3.63, 3.8) is 0 Å². The lowest BCUT2D eigenvalue weighted by atomic mass is 10.1. The van der Waals surface area contributed by atoms with Crippen molar-refractivity contribution in [2.75, 3.05) is 13.6 Å². The summed E-state index contributed by atoms with van der Waals surface area (Å²) in [6.07, 6.45) is 1.82. The van der Waals surface area contributed by atoms with Gasteiger partial charge < -0.3 is 0 Å². The van der Waals surface area contributed by atoms with E-state index in [1.165, 1.54) is 0 Å². The van der Waals surface area contributed by atoms with Crippen molar-refractivity contribution in [3.8, 4) is 11.8 Å². The average molecular weight is 336 g/mol. The van der Waals surface area contributed by atoms with Crippen molar-refractivity contribution < 1.29 is 0 Å². The third-order valence-corrected chi connectivity index (χ3v) is 4.91. The Morgan fingerprint density at radius 1 is 1.25 bits per heavy atom. The summed E-state index contributed by atoms with van der Waals surface area (Å²) >= 11 is 1.57. The largest absolute Gasteiger partial charge is 0.297 e. The zero-order valence-electron chi connectivity index (χ0n) is 13.5. The molecule has 2 aromatic heterocycles. The molecule has 0 saturated heterocycles. The van der Waals surface area contributed by atoms with Gasteiger partial charge in [0.15, 0.2) is 5.01 Å². The van der Waals surface area contributed by atoms with Gasteiger partial charge in [-0.1, -0.05) is 5.92 Å². The molecule has 24 heavy (non-hydrogen) atoms. The van der Waals surface area contributed by atoms with Gasteiger partial charge in [0, 0.05) is 29.7 Å². The molecule has 6 heteroatoms. The van der Waals surface area contributed by atoms with Crippen molar-refractivity contribution in [1.29, 1.82) is 0 Å². The summed E-state index contributed by atoms with van der Waals surface area (Å²) in [5.74, 6) is 7.00. The van der Waals surface area contributed by atoms with Gasteiger partial charge in [-0.25, -0.2) is 9.97 Å². The molecule has 0 fully saturated rings. The number of likely N-dealkylation sites (N-methyl/N-ethyl adjacent to an activating group) is 1. The Morgan fingerprint density at radius 2 is 2.12 bits per heavy atom. The summed E-state index contributed by atoms with van der Waals surface area (Å²) in [6, 6.07) is 5.59. The number of hydrogen-bond acceptors (Lipinski definition) is 5. The Morgan fingerprint density at radius 3 is 2.92 bits per heavy atom. The first kappa shape index (κ1) is 15.1. The molecular formula is C18H16N4OS. The standard InChI is InChI=1S/C18H16N4OS/c1-12-10-19-17(24-12)6-4-13-3-5-14-15(9-13)20-16-11-21(2)7-8-22(16)18(14)23/h3,5,9-10H,7-8,11H2,1-2H3. The van der Waals surface area contributed by atoms with Gasteiger partial charge in [0.2, 0.25) is 0 Å². The molecule has 0 aliphatic carbocycles. The highest BCUT2D eigenvalue weighted by Crippen LogP contribution is 2.15. The van der Waals surface area contributed by atoms with E-state index in [9.17, 15) is 4.79 Å². The van der Waals surface area contributed by atoms with Gasteiger partial charge in [-0.05, 0) is 38.1 Å². The van der Waals surface area contributed by atoms with Gasteiger partial charge in [0.25, 0.3) is 5.56 Å². The average Bonchev–Trinajstić information content (AvgIpc) is 2.98. The Kier molecular flexibility index (Phi) is 3.68. The van der Waals surface area contributed by atoms with Crippen LogP contribution in [0.4, 0.5) is 0 Å². The molecule has 0 unspecified atom stereocenters. The van der Waals surface area contributed by atoms with Crippen LogP contribution in [0.5, 0.6) is 0 Å². The maximum atomic E-state index is 12.6. The molecule has 0 N–H and O–H groups in total. The predicted octanol–water partition coefficient (Wildman–Crippen LogP) is 2.01. The van der Waals surface area contributed by atoms with Gasteiger partial charge in [0.05, 0.1) is 17.4 Å². The van der Waals surface area contributed by atoms with E-state index in [4.69, 9.17) is 0 Å². The van der Waals surface area contributed by atoms with E-state index in [0.717, 1.165) is 27.8 Å². The van der Waals surface area contributed by atoms with Crippen LogP contribution in [0.3, 0.4) is 0 Å². The molecule has 0 amide bonds. The molecule has 0 bridgehead atoms. The Hall–Kier alpha value is -2.49. The molecule has 0 saturated carbocycles. The fourth-order valence-corrected chi connectivity index (χ4v) is 3.44. The van der Waals surface area contributed by atoms with Gasteiger partial charge in [-0.3, -0.25) is 14.3 Å². The van der Waals surface area contributed by atoms with Gasteiger partial charge in [-0.15, -0.1) is 11.3 Å². The van der Waals surface area contributed by atoms with Crippen LogP contribution >= 0.6 is 11.3 Å². The van der Waals surface area contributed by atoms with E-state index in [2.05, 4.69) is 26.7 Å². The van der Waals surface area contributed by atoms with E-state index in [-0.39, 0.29) is 5.56 Å². The number of aromatic nitrogens is 3. The van der Waals surface area contributed by atoms with Gasteiger partial charge >= 0.3 is 0 Å². The molecule has 4 rings (SSSR count). The third kappa shape index (κ3) is 2.73.